The van der Waals surface area contributed by atoms with E-state index in [-0.39, 0.29) is 17.4 Å². The zero-order valence-corrected chi connectivity index (χ0v) is 19.5. The highest BCUT2D eigenvalue weighted by Crippen LogP contribution is 2.35. The average Bonchev–Trinajstić information content (AvgIpc) is 2.68. The van der Waals surface area contributed by atoms with E-state index in [1.54, 1.807) is 0 Å². The molecule has 0 aliphatic carbocycles. The van der Waals surface area contributed by atoms with E-state index in [1.165, 1.54) is 0 Å². The van der Waals surface area contributed by atoms with Gasteiger partial charge >= 0.3 is 0 Å². The van der Waals surface area contributed by atoms with Crippen molar-refractivity contribution in [1.82, 2.24) is 5.32 Å². The van der Waals surface area contributed by atoms with Gasteiger partial charge in [0.25, 0.3) is 0 Å². The molecule has 4 nitrogen and oxygen atoms in total. The van der Waals surface area contributed by atoms with Crippen molar-refractivity contribution in [3.05, 3.63) is 71.8 Å². The van der Waals surface area contributed by atoms with Gasteiger partial charge in [-0.05, 0) is 16.2 Å². The normalized spacial score (nSPS) is 12.6. The lowest BCUT2D eigenvalue weighted by molar-refractivity contribution is -0.127. The average molecular weight is 421 g/mol. The summed E-state index contributed by atoms with van der Waals surface area (Å²) in [6, 6.07) is 18.2. The quantitative estimate of drug-likeness (QED) is 0.542. The molecule has 0 bridgehead atoms. The van der Waals surface area contributed by atoms with Crippen LogP contribution in [0.2, 0.25) is 18.1 Å². The molecule has 0 aliphatic heterocycles. The second-order valence-corrected chi connectivity index (χ2v) is 14.1. The molecule has 2 aromatic rings. The number of hydrogen-bond donors (Lipinski definition) is 2. The van der Waals surface area contributed by atoms with Gasteiger partial charge in [0, 0.05) is 6.42 Å². The number of nitrogens with one attached hydrogen (secondary N) is 1. The maximum absolute atomic E-state index is 13.2. The lowest BCUT2D eigenvalue weighted by Crippen LogP contribution is -2.46. The van der Waals surface area contributed by atoms with E-state index in [4.69, 9.17) is 5.73 Å². The minimum atomic E-state index is -1.80. The minimum Gasteiger partial charge on any atom is -0.368 e. The van der Waals surface area contributed by atoms with E-state index in [9.17, 15) is 9.59 Å². The van der Waals surface area contributed by atoms with Crippen molar-refractivity contribution in [2.45, 2.75) is 57.3 Å². The molecule has 0 spiro atoms. The third-order valence-electron chi connectivity index (χ3n) is 5.77. The molecule has 2 amide bonds. The van der Waals surface area contributed by atoms with Crippen LogP contribution < -0.4 is 11.1 Å². The lowest BCUT2D eigenvalue weighted by Gasteiger charge is -2.31. The van der Waals surface area contributed by atoms with Crippen LogP contribution >= 0.6 is 0 Å². The van der Waals surface area contributed by atoms with Crippen LogP contribution in [0.4, 0.5) is 0 Å². The number of hydrogen-bond acceptors (Lipinski definition) is 2. The third-order valence-corrected chi connectivity index (χ3v) is 10.3. The van der Waals surface area contributed by atoms with E-state index >= 15 is 0 Å². The van der Waals surface area contributed by atoms with Gasteiger partial charge in [0.2, 0.25) is 11.8 Å². The Morgan fingerprint density at radius 2 is 1.43 bits per heavy atom. The number of rotatable bonds is 6. The van der Waals surface area contributed by atoms with Crippen LogP contribution in [0.3, 0.4) is 0 Å². The molecule has 1 atom stereocenters. The number of carbonyl (C=O) groups excluding carboxylic acids is 2. The monoisotopic (exact) mass is 420 g/mol. The predicted molar refractivity (Wildman–Crippen MR) is 125 cm³/mol. The van der Waals surface area contributed by atoms with Crippen LogP contribution in [-0.4, -0.2) is 25.9 Å². The SMILES string of the molecule is CC(C)(C)[Si](C)(C)C#CC[C@H](NC(=O)C(c1ccccc1)c1ccccc1)C(N)=O. The summed E-state index contributed by atoms with van der Waals surface area (Å²) in [6.45, 7) is 11.0. The third kappa shape index (κ3) is 6.08. The Bertz CT molecular complexity index is 883. The van der Waals surface area contributed by atoms with Gasteiger partial charge in [-0.15, -0.1) is 11.5 Å². The molecule has 30 heavy (non-hydrogen) atoms. The van der Waals surface area contributed by atoms with Crippen molar-refractivity contribution in [3.8, 4) is 11.5 Å². The van der Waals surface area contributed by atoms with Crippen LogP contribution in [0, 0.1) is 11.5 Å². The number of nitrogens with two attached hydrogens (primary N) is 1. The first-order chi connectivity index (χ1) is 14.0. The summed E-state index contributed by atoms with van der Waals surface area (Å²) in [5.74, 6) is 1.77. The number of carbonyl (C=O) groups is 2. The standard InChI is InChI=1S/C25H32N2O2Si/c1-25(2,3)30(4,5)18-12-17-21(23(26)28)27-24(29)22(19-13-8-6-9-14-19)20-15-10-7-11-16-20/h6-11,13-16,21-22H,17H2,1-5H3,(H2,26,28)(H,27,29)/t21-/m0/s1. The van der Waals surface area contributed by atoms with Gasteiger partial charge in [0.05, 0.1) is 5.92 Å². The van der Waals surface area contributed by atoms with E-state index in [1.807, 2.05) is 60.7 Å². The Balaban J connectivity index is 2.25. The molecule has 0 aliphatic rings. The fourth-order valence-electron chi connectivity index (χ4n) is 2.83. The Morgan fingerprint density at radius 1 is 0.967 bits per heavy atom. The molecule has 0 heterocycles. The molecule has 5 heteroatoms. The molecule has 2 aromatic carbocycles. The van der Waals surface area contributed by atoms with Crippen molar-refractivity contribution < 1.29 is 9.59 Å². The fraction of sp³-hybridized carbons (Fsp3) is 0.360. The molecule has 158 valence electrons. The largest absolute Gasteiger partial charge is 0.368 e. The Labute approximate surface area is 181 Å². The van der Waals surface area contributed by atoms with Crippen LogP contribution in [0.25, 0.3) is 0 Å². The number of benzene rings is 2. The van der Waals surface area contributed by atoms with Gasteiger partial charge < -0.3 is 11.1 Å². The van der Waals surface area contributed by atoms with Crippen molar-refractivity contribution in [2.24, 2.45) is 5.73 Å². The molecule has 0 saturated carbocycles. The first kappa shape index (κ1) is 23.4. The fourth-order valence-corrected chi connectivity index (χ4v) is 3.74. The van der Waals surface area contributed by atoms with Gasteiger partial charge in [-0.2, -0.15) is 0 Å². The van der Waals surface area contributed by atoms with Crippen molar-refractivity contribution in [3.63, 3.8) is 0 Å². The highest BCUT2D eigenvalue weighted by molar-refractivity contribution is 6.87. The van der Waals surface area contributed by atoms with Crippen LogP contribution in [-0.2, 0) is 9.59 Å². The van der Waals surface area contributed by atoms with Gasteiger partial charge in [-0.3, -0.25) is 9.59 Å². The molecule has 0 fully saturated rings. The maximum atomic E-state index is 13.2. The van der Waals surface area contributed by atoms with E-state index in [0.29, 0.717) is 0 Å². The summed E-state index contributed by atoms with van der Waals surface area (Å²) >= 11 is 0. The molecular formula is C25H32N2O2Si. The zero-order chi connectivity index (χ0) is 22.4. The summed E-state index contributed by atoms with van der Waals surface area (Å²) in [7, 11) is -1.80. The second-order valence-electron chi connectivity index (χ2n) is 9.10. The maximum Gasteiger partial charge on any atom is 0.240 e. The number of primary amides is 1. The van der Waals surface area contributed by atoms with E-state index in [0.717, 1.165) is 11.1 Å². The van der Waals surface area contributed by atoms with Gasteiger partial charge in [-0.25, -0.2) is 0 Å². The Morgan fingerprint density at radius 3 is 1.83 bits per heavy atom. The topological polar surface area (TPSA) is 72.2 Å². The molecule has 0 unspecified atom stereocenters. The molecular weight excluding hydrogens is 388 g/mol. The lowest BCUT2D eigenvalue weighted by atomic mass is 9.90. The minimum absolute atomic E-state index is 0.122. The first-order valence-corrected chi connectivity index (χ1v) is 13.2. The van der Waals surface area contributed by atoms with Gasteiger partial charge in [0.15, 0.2) is 0 Å². The van der Waals surface area contributed by atoms with Crippen LogP contribution in [0.5, 0.6) is 0 Å². The molecule has 0 aromatic heterocycles. The van der Waals surface area contributed by atoms with Crippen LogP contribution in [0.1, 0.15) is 44.2 Å². The highest BCUT2D eigenvalue weighted by atomic mass is 28.3. The zero-order valence-electron chi connectivity index (χ0n) is 18.5. The van der Waals surface area contributed by atoms with E-state index in [2.05, 4.69) is 50.6 Å². The summed E-state index contributed by atoms with van der Waals surface area (Å²) in [5, 5.41) is 2.96. The highest BCUT2D eigenvalue weighted by Gasteiger charge is 2.34. The van der Waals surface area contributed by atoms with Crippen molar-refractivity contribution >= 4 is 19.9 Å². The summed E-state index contributed by atoms with van der Waals surface area (Å²) < 4.78 is 0. The molecule has 3 N–H and O–H groups in total. The van der Waals surface area contributed by atoms with E-state index < -0.39 is 25.9 Å². The van der Waals surface area contributed by atoms with Gasteiger partial charge in [-0.1, -0.05) is 94.5 Å². The predicted octanol–water partition coefficient (Wildman–Crippen LogP) is 4.23. The van der Waals surface area contributed by atoms with Crippen LogP contribution in [0.15, 0.2) is 60.7 Å². The van der Waals surface area contributed by atoms with Crippen molar-refractivity contribution in [1.29, 1.82) is 0 Å². The second kappa shape index (κ2) is 9.77. The Kier molecular flexibility index (Phi) is 7.63. The molecule has 2 rings (SSSR count). The number of amides is 2. The summed E-state index contributed by atoms with van der Waals surface area (Å²) in [6.07, 6.45) is 0.212. The van der Waals surface area contributed by atoms with Gasteiger partial charge in [0.1, 0.15) is 14.1 Å². The smallest absolute Gasteiger partial charge is 0.240 e. The first-order valence-electron chi connectivity index (χ1n) is 10.2. The summed E-state index contributed by atoms with van der Waals surface area (Å²) in [4.78, 5) is 25.3. The molecule has 0 radical (unpaired) electrons. The van der Waals surface area contributed by atoms with Crippen molar-refractivity contribution in [2.75, 3.05) is 0 Å². The Hall–Kier alpha value is -2.84. The summed E-state index contributed by atoms with van der Waals surface area (Å²) in [5.41, 5.74) is 10.7. The molecule has 0 saturated heterocycles.